The Bertz CT molecular complexity index is 606. The highest BCUT2D eigenvalue weighted by Crippen LogP contribution is 2.14. The van der Waals surface area contributed by atoms with Crippen LogP contribution >= 0.6 is 0 Å². The van der Waals surface area contributed by atoms with Crippen molar-refractivity contribution in [3.05, 3.63) is 52.2 Å². The molecule has 0 aliphatic carbocycles. The fourth-order valence-corrected chi connectivity index (χ4v) is 1.45. The predicted molar refractivity (Wildman–Crippen MR) is 61.6 cm³/mol. The molecule has 18 heavy (non-hydrogen) atoms. The molecule has 0 saturated heterocycles. The number of hydrogen-bond donors (Lipinski definition) is 0. The number of esters is 1. The lowest BCUT2D eigenvalue weighted by Gasteiger charge is -2.01. The first-order valence-electron chi connectivity index (χ1n) is 5.00. The second kappa shape index (κ2) is 4.66. The number of carbonyl (C=O) groups is 1. The van der Waals surface area contributed by atoms with Gasteiger partial charge in [0.25, 0.3) is 0 Å². The van der Waals surface area contributed by atoms with E-state index in [2.05, 4.69) is 9.84 Å². The minimum atomic E-state index is -0.583. The predicted octanol–water partition coefficient (Wildman–Crippen LogP) is 1.57. The molecule has 7 nitrogen and oxygen atoms in total. The Kier molecular flexibility index (Phi) is 3.05. The zero-order chi connectivity index (χ0) is 13.1. The van der Waals surface area contributed by atoms with Crippen molar-refractivity contribution in [2.45, 2.75) is 0 Å². The summed E-state index contributed by atoms with van der Waals surface area (Å²) in [6, 6.07) is 7.75. The summed E-state index contributed by atoms with van der Waals surface area (Å²) in [6.07, 6.45) is 1.45. The number of aromatic nitrogens is 2. The van der Waals surface area contributed by atoms with E-state index in [-0.39, 0.29) is 5.82 Å². The second-order valence-corrected chi connectivity index (χ2v) is 3.42. The number of methoxy groups -OCH3 is 1. The van der Waals surface area contributed by atoms with Crippen LogP contribution in [0.5, 0.6) is 0 Å². The van der Waals surface area contributed by atoms with Crippen LogP contribution in [0.2, 0.25) is 0 Å². The molecular weight excluding hydrogens is 238 g/mol. The van der Waals surface area contributed by atoms with Gasteiger partial charge in [-0.15, -0.1) is 4.68 Å². The van der Waals surface area contributed by atoms with Crippen molar-refractivity contribution < 1.29 is 14.5 Å². The maximum Gasteiger partial charge on any atom is 0.390 e. The van der Waals surface area contributed by atoms with Crippen LogP contribution in [-0.4, -0.2) is 27.8 Å². The van der Waals surface area contributed by atoms with Gasteiger partial charge in [-0.2, -0.15) is 0 Å². The number of hydrogen-bond acceptors (Lipinski definition) is 5. The van der Waals surface area contributed by atoms with Crippen molar-refractivity contribution in [2.75, 3.05) is 7.11 Å². The Morgan fingerprint density at radius 2 is 2.22 bits per heavy atom. The molecule has 2 rings (SSSR count). The Morgan fingerprint density at radius 1 is 1.44 bits per heavy atom. The number of carbonyl (C=O) groups excluding carboxylic acids is 1. The third-order valence-electron chi connectivity index (χ3n) is 2.29. The lowest BCUT2D eigenvalue weighted by atomic mass is 10.2. The van der Waals surface area contributed by atoms with Crippen molar-refractivity contribution in [1.29, 1.82) is 0 Å². The molecule has 0 saturated carbocycles. The highest BCUT2D eigenvalue weighted by Gasteiger charge is 2.13. The summed E-state index contributed by atoms with van der Waals surface area (Å²) < 4.78 is 5.92. The molecule has 0 fully saturated rings. The number of rotatable bonds is 3. The van der Waals surface area contributed by atoms with E-state index in [1.165, 1.54) is 24.1 Å². The monoisotopic (exact) mass is 247 g/mol. The van der Waals surface area contributed by atoms with Gasteiger partial charge in [0.2, 0.25) is 0 Å². The molecule has 0 bridgehead atoms. The first-order chi connectivity index (χ1) is 8.61. The van der Waals surface area contributed by atoms with E-state index in [1.807, 2.05) is 0 Å². The van der Waals surface area contributed by atoms with Crippen LogP contribution in [0.25, 0.3) is 5.69 Å². The van der Waals surface area contributed by atoms with Gasteiger partial charge in [-0.25, -0.2) is 4.79 Å². The van der Waals surface area contributed by atoms with Crippen LogP contribution in [0.4, 0.5) is 5.82 Å². The van der Waals surface area contributed by atoms with Crippen LogP contribution in [0.15, 0.2) is 36.5 Å². The molecule has 0 atom stereocenters. The third-order valence-corrected chi connectivity index (χ3v) is 2.29. The van der Waals surface area contributed by atoms with Gasteiger partial charge in [0.05, 0.1) is 35.7 Å². The first kappa shape index (κ1) is 11.8. The lowest BCUT2D eigenvalue weighted by Crippen LogP contribution is -2.03. The standard InChI is InChI=1S/C11H9N3O4/c1-18-11(15)8-3-2-4-9(7-8)13-6-5-10(12-13)14(16)17/h2-7H,1H3. The van der Waals surface area contributed by atoms with Gasteiger partial charge in [-0.05, 0) is 23.1 Å². The summed E-state index contributed by atoms with van der Waals surface area (Å²) in [4.78, 5) is 21.3. The van der Waals surface area contributed by atoms with Gasteiger partial charge < -0.3 is 14.9 Å². The third kappa shape index (κ3) is 2.19. The van der Waals surface area contributed by atoms with Gasteiger partial charge in [0.15, 0.2) is 0 Å². The molecule has 7 heteroatoms. The Hall–Kier alpha value is -2.70. The zero-order valence-electron chi connectivity index (χ0n) is 9.44. The zero-order valence-corrected chi connectivity index (χ0v) is 9.44. The minimum Gasteiger partial charge on any atom is -0.465 e. The summed E-state index contributed by atoms with van der Waals surface area (Å²) in [7, 11) is 1.29. The summed E-state index contributed by atoms with van der Waals surface area (Å²) in [5.74, 6) is -0.725. The summed E-state index contributed by atoms with van der Waals surface area (Å²) >= 11 is 0. The summed E-state index contributed by atoms with van der Waals surface area (Å²) in [6.45, 7) is 0. The highest BCUT2D eigenvalue weighted by molar-refractivity contribution is 5.89. The Balaban J connectivity index is 2.38. The minimum absolute atomic E-state index is 0.251. The van der Waals surface area contributed by atoms with E-state index >= 15 is 0 Å². The molecule has 2 aromatic rings. The van der Waals surface area contributed by atoms with Gasteiger partial charge >= 0.3 is 11.8 Å². The van der Waals surface area contributed by atoms with Crippen LogP contribution in [0.3, 0.4) is 0 Å². The molecule has 1 aromatic carbocycles. The molecule has 0 spiro atoms. The summed E-state index contributed by atoms with van der Waals surface area (Å²) in [5, 5.41) is 14.3. The maximum atomic E-state index is 11.4. The van der Waals surface area contributed by atoms with Crippen molar-refractivity contribution in [3.8, 4) is 5.69 Å². The smallest absolute Gasteiger partial charge is 0.390 e. The van der Waals surface area contributed by atoms with E-state index < -0.39 is 10.9 Å². The van der Waals surface area contributed by atoms with Crippen molar-refractivity contribution in [3.63, 3.8) is 0 Å². The normalized spacial score (nSPS) is 10.1. The highest BCUT2D eigenvalue weighted by atomic mass is 16.6. The van der Waals surface area contributed by atoms with Crippen LogP contribution in [-0.2, 0) is 4.74 Å². The fourth-order valence-electron chi connectivity index (χ4n) is 1.45. The van der Waals surface area contributed by atoms with Gasteiger partial charge in [-0.1, -0.05) is 6.07 Å². The van der Waals surface area contributed by atoms with Crippen LogP contribution in [0.1, 0.15) is 10.4 Å². The van der Waals surface area contributed by atoms with E-state index in [0.717, 1.165) is 0 Å². The maximum absolute atomic E-state index is 11.4. The van der Waals surface area contributed by atoms with Gasteiger partial charge in [0.1, 0.15) is 0 Å². The van der Waals surface area contributed by atoms with Gasteiger partial charge in [0, 0.05) is 0 Å². The second-order valence-electron chi connectivity index (χ2n) is 3.42. The molecule has 0 radical (unpaired) electrons. The molecular formula is C11H9N3O4. The van der Waals surface area contributed by atoms with E-state index in [9.17, 15) is 14.9 Å². The number of nitrogens with zero attached hydrogens (tertiary/aromatic N) is 3. The van der Waals surface area contributed by atoms with Crippen LogP contribution < -0.4 is 0 Å². The van der Waals surface area contributed by atoms with Crippen molar-refractivity contribution in [2.24, 2.45) is 0 Å². The quantitative estimate of drug-likeness (QED) is 0.466. The fraction of sp³-hybridized carbons (Fsp3) is 0.0909. The Morgan fingerprint density at radius 3 is 2.83 bits per heavy atom. The molecule has 1 aromatic heterocycles. The van der Waals surface area contributed by atoms with E-state index in [0.29, 0.717) is 11.3 Å². The summed E-state index contributed by atoms with van der Waals surface area (Å²) in [5.41, 5.74) is 0.902. The Labute approximate surface area is 102 Å². The molecule has 0 unspecified atom stereocenters. The average molecular weight is 247 g/mol. The molecule has 0 amide bonds. The number of nitro groups is 1. The average Bonchev–Trinajstić information content (AvgIpc) is 2.88. The largest absolute Gasteiger partial charge is 0.465 e. The van der Waals surface area contributed by atoms with Crippen molar-refractivity contribution >= 4 is 11.8 Å². The molecule has 92 valence electrons. The van der Waals surface area contributed by atoms with Crippen LogP contribution in [0, 0.1) is 10.1 Å². The lowest BCUT2D eigenvalue weighted by molar-refractivity contribution is -0.389. The molecule has 0 aliphatic heterocycles. The molecule has 0 aliphatic rings. The number of benzene rings is 1. The van der Waals surface area contributed by atoms with E-state index in [1.54, 1.807) is 24.3 Å². The topological polar surface area (TPSA) is 87.3 Å². The van der Waals surface area contributed by atoms with Crippen molar-refractivity contribution in [1.82, 2.24) is 9.78 Å². The van der Waals surface area contributed by atoms with E-state index in [4.69, 9.17) is 0 Å². The first-order valence-corrected chi connectivity index (χ1v) is 5.00. The molecule has 1 heterocycles. The van der Waals surface area contributed by atoms with Gasteiger partial charge in [-0.3, -0.25) is 0 Å². The molecule has 0 N–H and O–H groups in total. The SMILES string of the molecule is COC(=O)c1cccc(-n2ccc([N+](=O)[O-])n2)c1. The number of ether oxygens (including phenoxy) is 1.